The SMILES string of the molecule is CCc1cccc(CC)c1-n1nc2c(c1-c1ccc(F)c3c1ccn3C(=O)Oc1ccccc1COP(=O)(O)O)CN(Cc1ccc(C(F)(F)F)cc1C)C2(C)C. The van der Waals surface area contributed by atoms with Crippen LogP contribution in [-0.2, 0) is 53.3 Å². The Morgan fingerprint density at radius 2 is 1.61 bits per heavy atom. The van der Waals surface area contributed by atoms with Crippen LogP contribution < -0.4 is 4.74 Å². The highest BCUT2D eigenvalue weighted by Crippen LogP contribution is 2.47. The van der Waals surface area contributed by atoms with Gasteiger partial charge in [0.05, 0.1) is 40.3 Å². The van der Waals surface area contributed by atoms with Crippen LogP contribution >= 0.6 is 7.82 Å². The van der Waals surface area contributed by atoms with Gasteiger partial charge in [0.2, 0.25) is 0 Å². The van der Waals surface area contributed by atoms with Gasteiger partial charge in [-0.3, -0.25) is 9.42 Å². The number of para-hydroxylation sites is 2. The van der Waals surface area contributed by atoms with Crippen LogP contribution in [0.5, 0.6) is 5.75 Å². The number of phosphoric acid groups is 1. The number of fused-ring (bicyclic) bond motifs is 2. The highest BCUT2D eigenvalue weighted by Gasteiger charge is 2.44. The molecule has 0 amide bonds. The van der Waals surface area contributed by atoms with Crippen LogP contribution in [0.3, 0.4) is 0 Å². The molecule has 7 rings (SSSR count). The second-order valence-corrected chi connectivity index (χ2v) is 15.8. The van der Waals surface area contributed by atoms with E-state index in [1.54, 1.807) is 31.2 Å². The predicted molar refractivity (Wildman–Crippen MR) is 206 cm³/mol. The van der Waals surface area contributed by atoms with Crippen molar-refractivity contribution in [3.05, 3.63) is 136 Å². The van der Waals surface area contributed by atoms with Gasteiger partial charge in [0.1, 0.15) is 11.6 Å². The number of carbonyl (C=O) groups is 1. The van der Waals surface area contributed by atoms with Crippen LogP contribution in [0.2, 0.25) is 0 Å². The fourth-order valence-corrected chi connectivity index (χ4v) is 7.97. The van der Waals surface area contributed by atoms with E-state index in [2.05, 4.69) is 23.3 Å². The maximum atomic E-state index is 16.0. The third-order valence-electron chi connectivity index (χ3n) is 10.7. The van der Waals surface area contributed by atoms with E-state index >= 15 is 4.39 Å². The third kappa shape index (κ3) is 7.55. The lowest BCUT2D eigenvalue weighted by Gasteiger charge is -2.32. The minimum Gasteiger partial charge on any atom is -0.409 e. The molecule has 2 aromatic heterocycles. The standard InChI is InChI=1S/C42H41F4N4O6P/c1-6-26-12-10-13-27(7-2)36(26)50-37(33-23-48(41(4,5)39(33)47-50)22-28-15-16-30(21-25(28)3)42(44,45)46)31-17-18-34(43)38-32(31)19-20-49(38)40(51)56-35-14-9-8-11-29(35)24-55-57(52,53)54/h8-21H,6-7,22-24H2,1-5H3,(H2,52,53,54). The van der Waals surface area contributed by atoms with Crippen LogP contribution in [0.15, 0.2) is 85.1 Å². The molecule has 0 aliphatic carbocycles. The molecule has 0 atom stereocenters. The molecule has 2 N–H and O–H groups in total. The molecule has 6 aromatic rings. The lowest BCUT2D eigenvalue weighted by Crippen LogP contribution is -2.36. The Labute approximate surface area is 326 Å². The normalized spacial score (nSPS) is 14.4. The Bertz CT molecular complexity index is 2550. The lowest BCUT2D eigenvalue weighted by molar-refractivity contribution is -0.137. The van der Waals surface area contributed by atoms with Gasteiger partial charge in [0, 0.05) is 41.4 Å². The number of carbonyl (C=O) groups excluding carboxylic acids is 1. The summed E-state index contributed by atoms with van der Waals surface area (Å²) in [6.07, 6.45) is -2.61. The summed E-state index contributed by atoms with van der Waals surface area (Å²) in [7, 11) is -4.83. The van der Waals surface area contributed by atoms with Gasteiger partial charge in [-0.05, 0) is 92.3 Å². The number of ether oxygens (including phenoxy) is 1. The Morgan fingerprint density at radius 3 is 2.26 bits per heavy atom. The summed E-state index contributed by atoms with van der Waals surface area (Å²) < 4.78 is 81.1. The van der Waals surface area contributed by atoms with Crippen LogP contribution in [-0.4, -0.2) is 35.1 Å². The van der Waals surface area contributed by atoms with Crippen LogP contribution in [0.4, 0.5) is 22.4 Å². The molecule has 0 radical (unpaired) electrons. The van der Waals surface area contributed by atoms with Gasteiger partial charge < -0.3 is 14.5 Å². The van der Waals surface area contributed by atoms with Gasteiger partial charge in [-0.15, -0.1) is 0 Å². The predicted octanol–water partition coefficient (Wildman–Crippen LogP) is 9.99. The number of aryl methyl sites for hydroxylation is 3. The van der Waals surface area contributed by atoms with Crippen molar-refractivity contribution in [1.29, 1.82) is 0 Å². The van der Waals surface area contributed by atoms with Crippen molar-refractivity contribution in [3.63, 3.8) is 0 Å². The van der Waals surface area contributed by atoms with Gasteiger partial charge in [-0.25, -0.2) is 23.0 Å². The summed E-state index contributed by atoms with van der Waals surface area (Å²) in [5.41, 5.74) is 5.92. The number of benzene rings is 4. The summed E-state index contributed by atoms with van der Waals surface area (Å²) in [6, 6.07) is 20.5. The average molecular weight is 805 g/mol. The maximum Gasteiger partial charge on any atom is 0.469 e. The topological polar surface area (TPSA) is 119 Å². The highest BCUT2D eigenvalue weighted by atomic mass is 31.2. The van der Waals surface area contributed by atoms with Crippen molar-refractivity contribution in [2.45, 2.75) is 78.9 Å². The summed E-state index contributed by atoms with van der Waals surface area (Å²) in [6.45, 7) is 10.0. The fourth-order valence-electron chi connectivity index (χ4n) is 7.66. The number of hydrogen-bond donors (Lipinski definition) is 2. The quantitative estimate of drug-likeness (QED) is 0.104. The molecule has 0 unspecified atom stereocenters. The first-order valence-electron chi connectivity index (χ1n) is 18.4. The van der Waals surface area contributed by atoms with E-state index in [9.17, 15) is 32.3 Å². The Morgan fingerprint density at radius 1 is 0.930 bits per heavy atom. The molecule has 15 heteroatoms. The molecule has 1 aliphatic rings. The first kappa shape index (κ1) is 40.1. The largest absolute Gasteiger partial charge is 0.469 e. The van der Waals surface area contributed by atoms with Crippen LogP contribution in [0, 0.1) is 12.7 Å². The molecular formula is C42H41F4N4O6P. The number of rotatable bonds is 10. The number of aromatic nitrogens is 3. The highest BCUT2D eigenvalue weighted by molar-refractivity contribution is 7.46. The van der Waals surface area contributed by atoms with Gasteiger partial charge in [-0.1, -0.05) is 56.3 Å². The minimum absolute atomic E-state index is 0.0286. The van der Waals surface area contributed by atoms with E-state index < -0.39 is 43.6 Å². The first-order valence-corrected chi connectivity index (χ1v) is 19.9. The first-order chi connectivity index (χ1) is 26.9. The Hall–Kier alpha value is -5.11. The van der Waals surface area contributed by atoms with Crippen molar-refractivity contribution >= 4 is 24.8 Å². The van der Waals surface area contributed by atoms with Crippen molar-refractivity contribution in [1.82, 2.24) is 19.2 Å². The van der Waals surface area contributed by atoms with Gasteiger partial charge in [0.15, 0.2) is 0 Å². The van der Waals surface area contributed by atoms with Crippen molar-refractivity contribution in [2.75, 3.05) is 0 Å². The Kier molecular flexibility index (Phi) is 10.6. The molecule has 4 aromatic carbocycles. The molecule has 3 heterocycles. The molecule has 0 saturated heterocycles. The molecule has 0 bridgehead atoms. The van der Waals surface area contributed by atoms with Crippen molar-refractivity contribution in [3.8, 4) is 22.7 Å². The molecule has 1 aliphatic heterocycles. The van der Waals surface area contributed by atoms with E-state index in [0.29, 0.717) is 48.1 Å². The second kappa shape index (κ2) is 15.0. The fraction of sp³-hybridized carbons (Fsp3) is 0.286. The van der Waals surface area contributed by atoms with E-state index in [4.69, 9.17) is 9.84 Å². The molecule has 10 nitrogen and oxygen atoms in total. The van der Waals surface area contributed by atoms with E-state index in [1.165, 1.54) is 30.5 Å². The van der Waals surface area contributed by atoms with E-state index in [1.807, 2.05) is 36.7 Å². The Balaban J connectivity index is 1.35. The van der Waals surface area contributed by atoms with Gasteiger partial charge in [0.25, 0.3) is 0 Å². The zero-order valence-electron chi connectivity index (χ0n) is 31.9. The molecule has 57 heavy (non-hydrogen) atoms. The average Bonchev–Trinajstić information content (AvgIpc) is 3.83. The number of phosphoric ester groups is 1. The second-order valence-electron chi connectivity index (χ2n) is 14.6. The molecule has 0 fully saturated rings. The zero-order chi connectivity index (χ0) is 41.0. The zero-order valence-corrected chi connectivity index (χ0v) is 32.8. The van der Waals surface area contributed by atoms with Crippen molar-refractivity contribution in [2.24, 2.45) is 0 Å². The van der Waals surface area contributed by atoms with Crippen LogP contribution in [0.25, 0.3) is 27.8 Å². The minimum atomic E-state index is -4.83. The summed E-state index contributed by atoms with van der Waals surface area (Å²) in [4.78, 5) is 34.3. The van der Waals surface area contributed by atoms with E-state index in [0.717, 1.165) is 50.3 Å². The summed E-state index contributed by atoms with van der Waals surface area (Å²) in [5, 5.41) is 5.71. The van der Waals surface area contributed by atoms with E-state index in [-0.39, 0.29) is 16.8 Å². The van der Waals surface area contributed by atoms with Gasteiger partial charge >= 0.3 is 20.1 Å². The smallest absolute Gasteiger partial charge is 0.409 e. The molecule has 298 valence electrons. The monoisotopic (exact) mass is 804 g/mol. The lowest BCUT2D eigenvalue weighted by atomic mass is 9.96. The van der Waals surface area contributed by atoms with Gasteiger partial charge in [-0.2, -0.15) is 18.3 Å². The summed E-state index contributed by atoms with van der Waals surface area (Å²) in [5.74, 6) is -0.724. The number of halogens is 4. The summed E-state index contributed by atoms with van der Waals surface area (Å²) >= 11 is 0. The molecular weight excluding hydrogens is 763 g/mol. The maximum absolute atomic E-state index is 16.0. The third-order valence-corrected chi connectivity index (χ3v) is 11.2. The van der Waals surface area contributed by atoms with Crippen molar-refractivity contribution < 1.29 is 46.0 Å². The molecule has 0 spiro atoms. The number of alkyl halides is 3. The molecule has 0 saturated carbocycles. The number of nitrogens with zero attached hydrogens (tertiary/aromatic N) is 4. The van der Waals surface area contributed by atoms with Crippen LogP contribution in [0.1, 0.15) is 72.3 Å². The number of hydrogen-bond acceptors (Lipinski definition) is 6.